The summed E-state index contributed by atoms with van der Waals surface area (Å²) < 4.78 is 48.5. The number of ether oxygens (including phenoxy) is 1. The average molecular weight is 545 g/mol. The maximum Gasteiger partial charge on any atom is 0.553 e. The van der Waals surface area contributed by atoms with Gasteiger partial charge in [-0.05, 0) is 84.5 Å². The number of hydrogen-bond acceptors (Lipinski definition) is 4. The highest BCUT2D eigenvalue weighted by atomic mass is 35.5. The molecule has 37 heavy (non-hydrogen) atoms. The largest absolute Gasteiger partial charge is 0.562 e. The number of rotatable bonds is 6. The van der Waals surface area contributed by atoms with E-state index >= 15 is 0 Å². The van der Waals surface area contributed by atoms with Gasteiger partial charge in [-0.3, -0.25) is 4.31 Å². The van der Waals surface area contributed by atoms with Gasteiger partial charge in [0, 0.05) is 16.8 Å². The zero-order chi connectivity index (χ0) is 26.4. The number of hydrogen-bond donors (Lipinski definition) is 0. The summed E-state index contributed by atoms with van der Waals surface area (Å²) in [6.45, 7) is 1.68. The molecule has 0 saturated heterocycles. The number of nitrogens with zero attached hydrogens (tertiary/aromatic N) is 1. The zero-order valence-corrected chi connectivity index (χ0v) is 22.0. The molecule has 1 aliphatic carbocycles. The van der Waals surface area contributed by atoms with Crippen LogP contribution in [-0.2, 0) is 20.2 Å². The minimum atomic E-state index is -3.88. The van der Waals surface area contributed by atoms with E-state index in [-0.39, 0.29) is 15.3 Å². The van der Waals surface area contributed by atoms with Crippen LogP contribution in [0.5, 0.6) is 5.75 Å². The molecule has 1 spiro atoms. The molecule has 0 unspecified atom stereocenters. The molecule has 0 radical (unpaired) electrons. The number of carbonyl (C=O) groups is 1. The Balaban J connectivity index is 1.55. The Morgan fingerprint density at radius 1 is 1.05 bits per heavy atom. The number of anilines is 1. The highest BCUT2D eigenvalue weighted by Gasteiger charge is 2.47. The molecule has 2 aliphatic rings. The van der Waals surface area contributed by atoms with Crippen LogP contribution < -0.4 is 9.04 Å². The summed E-state index contributed by atoms with van der Waals surface area (Å²) in [4.78, 5) is 11.1. The molecule has 3 aromatic carbocycles. The monoisotopic (exact) mass is 544 g/mol. The van der Waals surface area contributed by atoms with Crippen molar-refractivity contribution in [1.29, 1.82) is 0 Å². The molecular weight excluding hydrogens is 517 g/mol. The second-order valence-corrected chi connectivity index (χ2v) is 12.1. The number of fused-ring (bicyclic) bond motifs is 2. The molecule has 1 saturated carbocycles. The summed E-state index contributed by atoms with van der Waals surface area (Å²) in [6.07, 6.45) is 4.97. The zero-order valence-electron chi connectivity index (χ0n) is 20.4. The molecule has 1 heterocycles. The van der Waals surface area contributed by atoms with Crippen molar-refractivity contribution in [3.8, 4) is 16.9 Å². The molecule has 0 bridgehead atoms. The summed E-state index contributed by atoms with van der Waals surface area (Å²) >= 11 is 6.04. The molecular formula is C28H28ClFNO5S+. The lowest BCUT2D eigenvalue weighted by atomic mass is 9.70. The van der Waals surface area contributed by atoms with E-state index in [1.807, 2.05) is 18.2 Å². The van der Waals surface area contributed by atoms with E-state index in [0.29, 0.717) is 23.5 Å². The van der Waals surface area contributed by atoms with E-state index in [1.165, 1.54) is 22.5 Å². The summed E-state index contributed by atoms with van der Waals surface area (Å²) in [7, 11) is -3.88. The van der Waals surface area contributed by atoms with Crippen molar-refractivity contribution in [2.24, 2.45) is 0 Å². The number of benzene rings is 3. The first-order chi connectivity index (χ1) is 17.6. The minimum absolute atomic E-state index is 0.0458. The van der Waals surface area contributed by atoms with Gasteiger partial charge in [0.2, 0.25) is 6.61 Å². The van der Waals surface area contributed by atoms with Gasteiger partial charge in [-0.15, -0.1) is 0 Å². The highest BCUT2D eigenvalue weighted by Crippen LogP contribution is 2.51. The standard InChI is InChI=1S/C28H27ClFNO5S/c1-18-13-21(7-10-26(18)36-16-27(32)33)37(34,35)31-17-28(11-3-2-4-12-28)22-14-19(6-9-25(22)31)20-5-8-24(30)23(29)15-20/h5-10,13-15H,2-4,11-12,16-17H2,1H3,(H,32,33)/p+1. The van der Waals surface area contributed by atoms with Crippen LogP contribution in [-0.4, -0.2) is 32.6 Å². The first-order valence-electron chi connectivity index (χ1n) is 12.2. The van der Waals surface area contributed by atoms with Crippen molar-refractivity contribution in [3.63, 3.8) is 0 Å². The molecule has 0 atom stereocenters. The summed E-state index contributed by atoms with van der Waals surface area (Å²) in [5.74, 6) is -0.969. The Morgan fingerprint density at radius 3 is 2.43 bits per heavy atom. The smallest absolute Gasteiger partial charge is 0.553 e. The third-order valence-electron chi connectivity index (χ3n) is 7.44. The lowest BCUT2D eigenvalue weighted by Gasteiger charge is -2.34. The van der Waals surface area contributed by atoms with Crippen LogP contribution in [0.1, 0.15) is 43.2 Å². The van der Waals surface area contributed by atoms with Gasteiger partial charge < -0.3 is 9.84 Å². The van der Waals surface area contributed by atoms with Crippen LogP contribution in [0.25, 0.3) is 11.1 Å². The van der Waals surface area contributed by atoms with E-state index in [4.69, 9.17) is 21.4 Å². The minimum Gasteiger partial charge on any atom is -0.562 e. The predicted octanol–water partition coefficient (Wildman–Crippen LogP) is 5.50. The number of halogens is 2. The van der Waals surface area contributed by atoms with Crippen molar-refractivity contribution in [1.82, 2.24) is 0 Å². The Morgan fingerprint density at radius 2 is 1.76 bits per heavy atom. The van der Waals surface area contributed by atoms with E-state index in [1.54, 1.807) is 25.1 Å². The van der Waals surface area contributed by atoms with Gasteiger partial charge in [-0.25, -0.2) is 12.8 Å². The lowest BCUT2D eigenvalue weighted by molar-refractivity contribution is -0.139. The highest BCUT2D eigenvalue weighted by molar-refractivity contribution is 7.92. The molecule has 3 aromatic rings. The van der Waals surface area contributed by atoms with E-state index in [0.717, 1.165) is 48.8 Å². The molecule has 5 rings (SSSR count). The molecule has 0 aromatic heterocycles. The first kappa shape index (κ1) is 25.5. The predicted molar refractivity (Wildman–Crippen MR) is 141 cm³/mol. The average Bonchev–Trinajstić information content (AvgIpc) is 3.19. The molecule has 6 nitrogen and oxygen atoms in total. The van der Waals surface area contributed by atoms with Crippen LogP contribution in [0.2, 0.25) is 5.02 Å². The SMILES string of the molecule is Cc1cc(S(=O)(=O)N2CC3(CCCCC3)c3cc(-c4ccc(F)c(Cl)c4)ccc32)ccc1OCC(=O)[OH2+]. The summed E-state index contributed by atoms with van der Waals surface area (Å²) in [5.41, 5.74) is 3.59. The molecule has 0 amide bonds. The van der Waals surface area contributed by atoms with Crippen LogP contribution in [0, 0.1) is 12.7 Å². The normalized spacial score (nSPS) is 16.6. The maximum absolute atomic E-state index is 13.9. The van der Waals surface area contributed by atoms with Gasteiger partial charge in [0.25, 0.3) is 10.0 Å². The lowest BCUT2D eigenvalue weighted by Crippen LogP contribution is -2.38. The van der Waals surface area contributed by atoms with Crippen molar-refractivity contribution in [2.45, 2.75) is 49.3 Å². The number of carbonyl (C=O) groups excluding carboxylic acids is 1. The van der Waals surface area contributed by atoms with E-state index in [2.05, 4.69) is 0 Å². The third kappa shape index (κ3) is 4.68. The fourth-order valence-electron chi connectivity index (χ4n) is 5.56. The molecule has 1 aliphatic heterocycles. The van der Waals surface area contributed by atoms with E-state index < -0.39 is 28.4 Å². The van der Waals surface area contributed by atoms with Crippen molar-refractivity contribution >= 4 is 33.3 Å². The van der Waals surface area contributed by atoms with Gasteiger partial charge >= 0.3 is 5.97 Å². The van der Waals surface area contributed by atoms with Crippen molar-refractivity contribution in [2.75, 3.05) is 17.5 Å². The van der Waals surface area contributed by atoms with Crippen LogP contribution in [0.15, 0.2) is 59.5 Å². The number of sulfonamides is 1. The quantitative estimate of drug-likeness (QED) is 0.384. The van der Waals surface area contributed by atoms with Crippen LogP contribution in [0.3, 0.4) is 0 Å². The molecule has 1 fully saturated rings. The fourth-order valence-corrected chi connectivity index (χ4v) is 7.40. The van der Waals surface area contributed by atoms with Gasteiger partial charge in [-0.2, -0.15) is 0 Å². The second kappa shape index (κ2) is 9.65. The third-order valence-corrected chi connectivity index (χ3v) is 9.48. The molecule has 9 heteroatoms. The van der Waals surface area contributed by atoms with Gasteiger partial charge in [0.1, 0.15) is 11.6 Å². The fraction of sp³-hybridized carbons (Fsp3) is 0.321. The molecule has 194 valence electrons. The van der Waals surface area contributed by atoms with Crippen LogP contribution >= 0.6 is 11.6 Å². The van der Waals surface area contributed by atoms with Gasteiger partial charge in [0.15, 0.2) is 0 Å². The maximum atomic E-state index is 13.9. The van der Waals surface area contributed by atoms with E-state index in [9.17, 15) is 17.6 Å². The van der Waals surface area contributed by atoms with Gasteiger partial charge in [-0.1, -0.05) is 43.0 Å². The van der Waals surface area contributed by atoms with Crippen LogP contribution in [0.4, 0.5) is 10.1 Å². The Kier molecular flexibility index (Phi) is 6.66. The summed E-state index contributed by atoms with van der Waals surface area (Å²) in [5, 5.41) is 7.06. The topological polar surface area (TPSA) is 86.6 Å². The second-order valence-electron chi connectivity index (χ2n) is 9.85. The summed E-state index contributed by atoms with van der Waals surface area (Å²) in [6, 6.07) is 14.9. The Hall–Kier alpha value is -3.10. The van der Waals surface area contributed by atoms with Crippen molar-refractivity contribution in [3.05, 3.63) is 76.6 Å². The Bertz CT molecular complexity index is 1480. The van der Waals surface area contributed by atoms with Crippen molar-refractivity contribution < 1.29 is 27.4 Å². The number of aryl methyl sites for hydroxylation is 1. The van der Waals surface area contributed by atoms with Gasteiger partial charge in [0.05, 0.1) is 15.6 Å². The Labute approximate surface area is 220 Å². The molecule has 2 N–H and O–H groups in total. The first-order valence-corrected chi connectivity index (χ1v) is 14.0.